The van der Waals surface area contributed by atoms with Crippen LogP contribution < -0.4 is 10.1 Å². The molecule has 3 heterocycles. The number of nitrogens with one attached hydrogen (secondary N) is 1. The summed E-state index contributed by atoms with van der Waals surface area (Å²) in [7, 11) is 1.68. The fourth-order valence-corrected chi connectivity index (χ4v) is 5.12. The molecule has 1 amide bonds. The maximum absolute atomic E-state index is 13.2. The summed E-state index contributed by atoms with van der Waals surface area (Å²) in [6, 6.07) is 16.8. The van der Waals surface area contributed by atoms with Gasteiger partial charge in [-0.2, -0.15) is 5.10 Å². The molecule has 0 saturated carbocycles. The van der Waals surface area contributed by atoms with Crippen LogP contribution >= 0.6 is 0 Å². The van der Waals surface area contributed by atoms with Gasteiger partial charge in [0.25, 0.3) is 5.91 Å². The first kappa shape index (κ1) is 21.7. The van der Waals surface area contributed by atoms with Crippen LogP contribution in [0.15, 0.2) is 61.2 Å². The van der Waals surface area contributed by atoms with Crippen LogP contribution in [-0.4, -0.2) is 59.0 Å². The fourth-order valence-electron chi connectivity index (χ4n) is 5.12. The minimum atomic E-state index is -0.110. The Bertz CT molecular complexity index is 1130. The quantitative estimate of drug-likeness (QED) is 0.564. The van der Waals surface area contributed by atoms with Crippen LogP contribution in [0.2, 0.25) is 0 Å². The van der Waals surface area contributed by atoms with E-state index in [9.17, 15) is 4.79 Å². The average molecular weight is 447 g/mol. The van der Waals surface area contributed by atoms with Crippen molar-refractivity contribution in [1.29, 1.82) is 0 Å². The molecule has 2 saturated heterocycles. The number of carbonyl (C=O) groups is 1. The van der Waals surface area contributed by atoms with Crippen LogP contribution in [0.4, 0.5) is 0 Å². The van der Waals surface area contributed by atoms with E-state index < -0.39 is 0 Å². The van der Waals surface area contributed by atoms with Crippen molar-refractivity contribution in [2.45, 2.75) is 44.1 Å². The smallest absolute Gasteiger partial charge is 0.272 e. The number of methoxy groups -OCH3 is 1. The highest BCUT2D eigenvalue weighted by molar-refractivity contribution is 6.05. The number of benzene rings is 2. The summed E-state index contributed by atoms with van der Waals surface area (Å²) in [5, 5.41) is 8.73. The number of rotatable bonds is 7. The zero-order chi connectivity index (χ0) is 22.8. The zero-order valence-electron chi connectivity index (χ0n) is 18.9. The molecule has 7 nitrogen and oxygen atoms in total. The number of hydrogen-bond acceptors (Lipinski definition) is 5. The second-order valence-electron chi connectivity index (χ2n) is 8.84. The van der Waals surface area contributed by atoms with Gasteiger partial charge in [-0.3, -0.25) is 14.4 Å². The van der Waals surface area contributed by atoms with E-state index in [1.54, 1.807) is 13.2 Å². The molecular weight excluding hydrogens is 416 g/mol. The minimum absolute atomic E-state index is 0.104. The molecule has 0 aliphatic carbocycles. The topological polar surface area (TPSA) is 68.6 Å². The number of morpholine rings is 1. The molecule has 2 bridgehead atoms. The highest BCUT2D eigenvalue weighted by Gasteiger charge is 2.39. The molecule has 2 aliphatic heterocycles. The van der Waals surface area contributed by atoms with Crippen LogP contribution in [0.25, 0.3) is 10.9 Å². The Morgan fingerprint density at radius 2 is 1.91 bits per heavy atom. The molecule has 0 unspecified atom stereocenters. The van der Waals surface area contributed by atoms with E-state index >= 15 is 0 Å². The lowest BCUT2D eigenvalue weighted by Crippen LogP contribution is -2.60. The Hall–Kier alpha value is -3.16. The molecule has 2 aliphatic rings. The van der Waals surface area contributed by atoms with E-state index in [4.69, 9.17) is 9.47 Å². The number of hydrogen-bond donors (Lipinski definition) is 1. The van der Waals surface area contributed by atoms with Crippen LogP contribution in [-0.2, 0) is 17.8 Å². The second-order valence-corrected chi connectivity index (χ2v) is 8.84. The number of piperidine rings is 1. The van der Waals surface area contributed by atoms with Crippen molar-refractivity contribution in [2.75, 3.05) is 20.3 Å². The van der Waals surface area contributed by atoms with Crippen molar-refractivity contribution in [3.05, 3.63) is 72.4 Å². The van der Waals surface area contributed by atoms with Crippen molar-refractivity contribution in [2.24, 2.45) is 0 Å². The lowest BCUT2D eigenvalue weighted by molar-refractivity contribution is -0.0843. The third kappa shape index (κ3) is 4.38. The SMILES string of the molecule is C=CCn1nc(C(=O)N[C@H]2C[C@H]3COC[C@@H](C2)N3Cc2ccc(OC)cc2)c2ccccc21. The highest BCUT2D eigenvalue weighted by Crippen LogP contribution is 2.30. The van der Waals surface area contributed by atoms with Gasteiger partial charge in [0.1, 0.15) is 5.75 Å². The summed E-state index contributed by atoms with van der Waals surface area (Å²) < 4.78 is 13.0. The maximum Gasteiger partial charge on any atom is 0.272 e. The van der Waals surface area contributed by atoms with Crippen molar-refractivity contribution in [3.8, 4) is 5.75 Å². The van der Waals surface area contributed by atoms with Crippen molar-refractivity contribution < 1.29 is 14.3 Å². The van der Waals surface area contributed by atoms with Gasteiger partial charge in [0.2, 0.25) is 0 Å². The standard InChI is InChI=1S/C26H30N4O3/c1-3-12-30-24-7-5-4-6-23(24)25(28-30)26(31)27-19-13-20-16-33-17-21(14-19)29(20)15-18-8-10-22(32-2)11-9-18/h3-11,19-21H,1,12-17H2,2H3,(H,27,31)/t19-,20-,21+. The minimum Gasteiger partial charge on any atom is -0.497 e. The second kappa shape index (κ2) is 9.37. The van der Waals surface area contributed by atoms with E-state index in [2.05, 4.69) is 34.0 Å². The first-order chi connectivity index (χ1) is 16.2. The lowest BCUT2D eigenvalue weighted by atomic mass is 9.89. The van der Waals surface area contributed by atoms with E-state index in [1.807, 2.05) is 41.1 Å². The molecule has 5 rings (SSSR count). The number of allylic oxidation sites excluding steroid dienone is 1. The summed E-state index contributed by atoms with van der Waals surface area (Å²) in [6.45, 7) is 6.63. The molecule has 1 N–H and O–H groups in total. The fraction of sp³-hybridized carbons (Fsp3) is 0.385. The van der Waals surface area contributed by atoms with Gasteiger partial charge in [0.15, 0.2) is 5.69 Å². The lowest BCUT2D eigenvalue weighted by Gasteiger charge is -2.48. The zero-order valence-corrected chi connectivity index (χ0v) is 18.9. The monoisotopic (exact) mass is 446 g/mol. The summed E-state index contributed by atoms with van der Waals surface area (Å²) in [5.74, 6) is 0.758. The molecule has 172 valence electrons. The predicted octanol–water partition coefficient (Wildman–Crippen LogP) is 3.39. The molecule has 3 atom stereocenters. The van der Waals surface area contributed by atoms with E-state index in [0.717, 1.165) is 36.0 Å². The number of para-hydroxylation sites is 1. The number of aromatic nitrogens is 2. The van der Waals surface area contributed by atoms with Crippen LogP contribution in [0.1, 0.15) is 28.9 Å². The average Bonchev–Trinajstić information content (AvgIpc) is 3.19. The molecule has 2 fully saturated rings. The Labute approximate surface area is 194 Å². The van der Waals surface area contributed by atoms with Gasteiger partial charge in [-0.25, -0.2) is 0 Å². The van der Waals surface area contributed by atoms with E-state index in [1.165, 1.54) is 5.56 Å². The van der Waals surface area contributed by atoms with Crippen LogP contribution in [0.5, 0.6) is 5.75 Å². The van der Waals surface area contributed by atoms with Gasteiger partial charge < -0.3 is 14.8 Å². The first-order valence-corrected chi connectivity index (χ1v) is 11.5. The summed E-state index contributed by atoms with van der Waals surface area (Å²) in [6.07, 6.45) is 3.52. The normalized spacial score (nSPS) is 22.8. The summed E-state index contributed by atoms with van der Waals surface area (Å²) in [4.78, 5) is 15.8. The van der Waals surface area contributed by atoms with E-state index in [0.29, 0.717) is 25.5 Å². The molecular formula is C26H30N4O3. The Kier molecular flexibility index (Phi) is 6.15. The molecule has 7 heteroatoms. The predicted molar refractivity (Wildman–Crippen MR) is 127 cm³/mol. The van der Waals surface area contributed by atoms with E-state index in [-0.39, 0.29) is 24.0 Å². The number of ether oxygens (including phenoxy) is 2. The molecule has 33 heavy (non-hydrogen) atoms. The Balaban J connectivity index is 1.29. The summed E-state index contributed by atoms with van der Waals surface area (Å²) in [5.41, 5.74) is 2.69. The Morgan fingerprint density at radius 1 is 1.18 bits per heavy atom. The Morgan fingerprint density at radius 3 is 2.61 bits per heavy atom. The van der Waals surface area contributed by atoms with Crippen LogP contribution in [0, 0.1) is 0 Å². The van der Waals surface area contributed by atoms with Crippen LogP contribution in [0.3, 0.4) is 0 Å². The van der Waals surface area contributed by atoms with Gasteiger partial charge in [-0.1, -0.05) is 36.4 Å². The van der Waals surface area contributed by atoms with Gasteiger partial charge in [0.05, 0.1) is 32.4 Å². The van der Waals surface area contributed by atoms with Gasteiger partial charge in [-0.05, 0) is 36.6 Å². The number of amides is 1. The van der Waals surface area contributed by atoms with Gasteiger partial charge >= 0.3 is 0 Å². The van der Waals surface area contributed by atoms with Crippen molar-refractivity contribution >= 4 is 16.8 Å². The molecule has 0 radical (unpaired) electrons. The molecule has 3 aromatic rings. The summed E-state index contributed by atoms with van der Waals surface area (Å²) >= 11 is 0. The first-order valence-electron chi connectivity index (χ1n) is 11.5. The highest BCUT2D eigenvalue weighted by atomic mass is 16.5. The third-order valence-electron chi connectivity index (χ3n) is 6.71. The molecule has 2 aromatic carbocycles. The van der Waals surface area contributed by atoms with Crippen molar-refractivity contribution in [3.63, 3.8) is 0 Å². The number of nitrogens with zero attached hydrogens (tertiary/aromatic N) is 3. The van der Waals surface area contributed by atoms with Gasteiger partial charge in [0, 0.05) is 30.1 Å². The van der Waals surface area contributed by atoms with Gasteiger partial charge in [-0.15, -0.1) is 6.58 Å². The number of fused-ring (bicyclic) bond motifs is 3. The largest absolute Gasteiger partial charge is 0.497 e. The van der Waals surface area contributed by atoms with Crippen molar-refractivity contribution in [1.82, 2.24) is 20.0 Å². The number of carbonyl (C=O) groups excluding carboxylic acids is 1. The molecule has 0 spiro atoms. The third-order valence-corrected chi connectivity index (χ3v) is 6.71. The maximum atomic E-state index is 13.2. The molecule has 1 aromatic heterocycles.